The third-order valence-corrected chi connectivity index (χ3v) is 6.37. The molecular formula is C29H39F4N3O4. The highest BCUT2D eigenvalue weighted by atomic mass is 19.3. The van der Waals surface area contributed by atoms with E-state index in [4.69, 9.17) is 10.5 Å². The zero-order chi connectivity index (χ0) is 29.7. The van der Waals surface area contributed by atoms with Crippen LogP contribution in [-0.4, -0.2) is 49.8 Å². The number of halogens is 4. The maximum Gasteiger partial charge on any atom is 0.407 e. The molecule has 0 aliphatic heterocycles. The summed E-state index contributed by atoms with van der Waals surface area (Å²) in [4.78, 5) is 24.9. The number of carbonyl (C=O) groups is 2. The van der Waals surface area contributed by atoms with E-state index in [2.05, 4.69) is 15.4 Å². The molecule has 0 heterocycles. The standard InChI is InChI=1S/C29H39F4N3O4/c1-4-6-10-29(32,33)16-25(36-28(38)39-3)27(37)40-26(18-35-17-20-9-7-8-19(5-2)11-20)24(34)14-21-12-22(30)15-23(31)13-21/h7-9,11-13,15,24-26,35H,4-6,10,14,16-18,34H2,1-3H3,(H,36,38)/t24-,25+,26+/m0/s1. The first-order valence-corrected chi connectivity index (χ1v) is 13.4. The summed E-state index contributed by atoms with van der Waals surface area (Å²) in [7, 11) is 1.04. The third kappa shape index (κ3) is 11.5. The van der Waals surface area contributed by atoms with Crippen molar-refractivity contribution in [1.82, 2.24) is 10.6 Å². The van der Waals surface area contributed by atoms with Crippen molar-refractivity contribution in [3.8, 4) is 0 Å². The molecule has 3 atom stereocenters. The first-order valence-electron chi connectivity index (χ1n) is 13.4. The lowest BCUT2D eigenvalue weighted by molar-refractivity contribution is -0.155. The second kappa shape index (κ2) is 16.2. The van der Waals surface area contributed by atoms with Gasteiger partial charge in [0.2, 0.25) is 0 Å². The van der Waals surface area contributed by atoms with Gasteiger partial charge in [0.15, 0.2) is 0 Å². The van der Waals surface area contributed by atoms with Crippen LogP contribution in [0.3, 0.4) is 0 Å². The first kappa shape index (κ1) is 33.0. The number of nitrogens with two attached hydrogens (primary N) is 1. The Morgan fingerprint density at radius 2 is 1.70 bits per heavy atom. The molecule has 0 spiro atoms. The van der Waals surface area contributed by atoms with Crippen molar-refractivity contribution in [2.75, 3.05) is 13.7 Å². The number of alkyl halides is 2. The van der Waals surface area contributed by atoms with E-state index in [9.17, 15) is 27.2 Å². The van der Waals surface area contributed by atoms with Crippen LogP contribution in [0.4, 0.5) is 22.4 Å². The number of amides is 1. The number of benzene rings is 2. The molecule has 0 radical (unpaired) electrons. The summed E-state index contributed by atoms with van der Waals surface area (Å²) in [5, 5.41) is 5.28. The van der Waals surface area contributed by atoms with Crippen molar-refractivity contribution in [3.63, 3.8) is 0 Å². The van der Waals surface area contributed by atoms with E-state index < -0.39 is 60.6 Å². The average Bonchev–Trinajstić information content (AvgIpc) is 2.90. The van der Waals surface area contributed by atoms with Gasteiger partial charge in [0.05, 0.1) is 7.11 Å². The zero-order valence-electron chi connectivity index (χ0n) is 23.2. The molecule has 40 heavy (non-hydrogen) atoms. The Labute approximate surface area is 232 Å². The van der Waals surface area contributed by atoms with Crippen LogP contribution in [0.2, 0.25) is 0 Å². The van der Waals surface area contributed by atoms with Crippen molar-refractivity contribution in [1.29, 1.82) is 0 Å². The average molecular weight is 570 g/mol. The van der Waals surface area contributed by atoms with Gasteiger partial charge in [-0.1, -0.05) is 44.5 Å². The Kier molecular flexibility index (Phi) is 13.4. The number of methoxy groups -OCH3 is 1. The Bertz CT molecular complexity index is 1080. The predicted molar refractivity (Wildman–Crippen MR) is 144 cm³/mol. The Morgan fingerprint density at radius 1 is 1.02 bits per heavy atom. The van der Waals surface area contributed by atoms with Crippen LogP contribution >= 0.6 is 0 Å². The molecule has 4 N–H and O–H groups in total. The van der Waals surface area contributed by atoms with Crippen LogP contribution in [-0.2, 0) is 33.7 Å². The monoisotopic (exact) mass is 569 g/mol. The Morgan fingerprint density at radius 3 is 2.33 bits per heavy atom. The van der Waals surface area contributed by atoms with Crippen molar-refractivity contribution in [2.45, 2.75) is 83.0 Å². The molecule has 2 aromatic carbocycles. The van der Waals surface area contributed by atoms with E-state index in [0.29, 0.717) is 13.0 Å². The molecule has 0 saturated heterocycles. The van der Waals surface area contributed by atoms with E-state index >= 15 is 0 Å². The summed E-state index contributed by atoms with van der Waals surface area (Å²) in [5.41, 5.74) is 8.65. The minimum absolute atomic E-state index is 0.0121. The van der Waals surface area contributed by atoms with Crippen molar-refractivity contribution in [2.24, 2.45) is 5.73 Å². The number of hydrogen-bond donors (Lipinski definition) is 3. The molecule has 0 bridgehead atoms. The van der Waals surface area contributed by atoms with Gasteiger partial charge in [-0.15, -0.1) is 0 Å². The van der Waals surface area contributed by atoms with Gasteiger partial charge < -0.3 is 25.8 Å². The maximum atomic E-state index is 14.6. The third-order valence-electron chi connectivity index (χ3n) is 6.37. The Hall–Kier alpha value is -3.18. The summed E-state index contributed by atoms with van der Waals surface area (Å²) >= 11 is 0. The van der Waals surface area contributed by atoms with Gasteiger partial charge in [-0.2, -0.15) is 0 Å². The van der Waals surface area contributed by atoms with Gasteiger partial charge in [0.25, 0.3) is 5.92 Å². The number of alkyl carbamates (subject to hydrolysis) is 1. The van der Waals surface area contributed by atoms with E-state index in [1.54, 1.807) is 6.92 Å². The number of unbranched alkanes of at least 4 members (excludes halogenated alkanes) is 1. The molecule has 0 aliphatic carbocycles. The molecular weight excluding hydrogens is 530 g/mol. The highest BCUT2D eigenvalue weighted by Crippen LogP contribution is 2.27. The SMILES string of the molecule is CCCCC(F)(F)C[C@@H](NC(=O)OC)C(=O)O[C@H](CNCc1cccc(CC)c1)[C@@H](N)Cc1cc(F)cc(F)c1. The minimum Gasteiger partial charge on any atom is -0.458 e. The van der Waals surface area contributed by atoms with Gasteiger partial charge in [-0.25, -0.2) is 27.2 Å². The fourth-order valence-electron chi connectivity index (χ4n) is 4.19. The largest absolute Gasteiger partial charge is 0.458 e. The molecule has 0 aromatic heterocycles. The molecule has 2 rings (SSSR count). The first-order chi connectivity index (χ1) is 19.0. The summed E-state index contributed by atoms with van der Waals surface area (Å²) < 4.78 is 66.7. The molecule has 0 aliphatic rings. The lowest BCUT2D eigenvalue weighted by Gasteiger charge is -2.28. The Balaban J connectivity index is 2.22. The number of nitrogens with one attached hydrogen (secondary N) is 2. The lowest BCUT2D eigenvalue weighted by atomic mass is 10.0. The van der Waals surface area contributed by atoms with Gasteiger partial charge in [0.1, 0.15) is 23.8 Å². The molecule has 222 valence electrons. The van der Waals surface area contributed by atoms with E-state index in [1.165, 1.54) is 0 Å². The van der Waals surface area contributed by atoms with Crippen LogP contribution in [0.15, 0.2) is 42.5 Å². The molecule has 1 amide bonds. The van der Waals surface area contributed by atoms with Gasteiger partial charge in [0, 0.05) is 38.0 Å². The molecule has 0 unspecified atom stereocenters. The van der Waals surface area contributed by atoms with Crippen molar-refractivity contribution < 1.29 is 36.6 Å². The topological polar surface area (TPSA) is 103 Å². The second-order valence-electron chi connectivity index (χ2n) is 9.78. The van der Waals surface area contributed by atoms with Crippen LogP contribution in [0.1, 0.15) is 56.2 Å². The smallest absolute Gasteiger partial charge is 0.407 e. The molecule has 11 heteroatoms. The number of hydrogen-bond acceptors (Lipinski definition) is 6. The number of carbonyl (C=O) groups excluding carboxylic acids is 2. The predicted octanol–water partition coefficient (Wildman–Crippen LogP) is 5.04. The van der Waals surface area contributed by atoms with Crippen molar-refractivity contribution >= 4 is 12.1 Å². The molecule has 0 saturated carbocycles. The normalized spacial score (nSPS) is 13.8. The summed E-state index contributed by atoms with van der Waals surface area (Å²) in [6, 6.07) is 8.12. The van der Waals surface area contributed by atoms with E-state index in [-0.39, 0.29) is 24.9 Å². The highest BCUT2D eigenvalue weighted by molar-refractivity contribution is 5.81. The number of rotatable bonds is 16. The highest BCUT2D eigenvalue weighted by Gasteiger charge is 2.38. The van der Waals surface area contributed by atoms with E-state index in [0.717, 1.165) is 42.9 Å². The lowest BCUT2D eigenvalue weighted by Crippen LogP contribution is -2.51. The second-order valence-corrected chi connectivity index (χ2v) is 9.78. The molecule has 2 aromatic rings. The fourth-order valence-corrected chi connectivity index (χ4v) is 4.19. The van der Waals surface area contributed by atoms with Crippen LogP contribution < -0.4 is 16.4 Å². The van der Waals surface area contributed by atoms with Crippen molar-refractivity contribution in [3.05, 3.63) is 70.8 Å². The van der Waals surface area contributed by atoms with Crippen LogP contribution in [0.25, 0.3) is 0 Å². The number of aryl methyl sites for hydroxylation is 1. The fraction of sp³-hybridized carbons (Fsp3) is 0.517. The quantitative estimate of drug-likeness (QED) is 0.193. The molecule has 7 nitrogen and oxygen atoms in total. The maximum absolute atomic E-state index is 14.6. The zero-order valence-corrected chi connectivity index (χ0v) is 23.2. The number of esters is 1. The summed E-state index contributed by atoms with van der Waals surface area (Å²) in [5.74, 6) is -5.95. The molecule has 0 fully saturated rings. The van der Waals surface area contributed by atoms with Gasteiger partial charge >= 0.3 is 12.1 Å². The number of ether oxygens (including phenoxy) is 2. The van der Waals surface area contributed by atoms with Crippen LogP contribution in [0.5, 0.6) is 0 Å². The van der Waals surface area contributed by atoms with E-state index in [1.807, 2.05) is 31.2 Å². The summed E-state index contributed by atoms with van der Waals surface area (Å²) in [6.45, 7) is 4.19. The van der Waals surface area contributed by atoms with Gasteiger partial charge in [-0.05, 0) is 48.1 Å². The van der Waals surface area contributed by atoms with Gasteiger partial charge in [-0.3, -0.25) is 0 Å². The minimum atomic E-state index is -3.25. The van der Waals surface area contributed by atoms with Crippen LogP contribution in [0, 0.1) is 11.6 Å². The summed E-state index contributed by atoms with van der Waals surface area (Å²) in [6.07, 6.45) is -2.08.